The third-order valence-electron chi connectivity index (χ3n) is 3.07. The van der Waals surface area contributed by atoms with Gasteiger partial charge in [0.05, 0.1) is 5.56 Å². The Kier molecular flexibility index (Phi) is 3.27. The van der Waals surface area contributed by atoms with E-state index in [-0.39, 0.29) is 5.75 Å². The van der Waals surface area contributed by atoms with Gasteiger partial charge >= 0.3 is 6.18 Å². The highest BCUT2D eigenvalue weighted by Gasteiger charge is 2.30. The van der Waals surface area contributed by atoms with Gasteiger partial charge in [-0.05, 0) is 60.4 Å². The van der Waals surface area contributed by atoms with Crippen LogP contribution in [0.3, 0.4) is 0 Å². The van der Waals surface area contributed by atoms with Crippen LogP contribution in [0.2, 0.25) is 0 Å². The van der Waals surface area contributed by atoms with Crippen molar-refractivity contribution in [2.45, 2.75) is 20.0 Å². The van der Waals surface area contributed by atoms with E-state index < -0.39 is 11.7 Å². The van der Waals surface area contributed by atoms with Crippen LogP contribution in [0, 0.1) is 13.8 Å². The van der Waals surface area contributed by atoms with E-state index >= 15 is 0 Å². The Morgan fingerprint density at radius 1 is 0.895 bits per heavy atom. The summed E-state index contributed by atoms with van der Waals surface area (Å²) < 4.78 is 37.5. The molecule has 0 bridgehead atoms. The molecular weight excluding hydrogens is 253 g/mol. The van der Waals surface area contributed by atoms with Gasteiger partial charge in [-0.2, -0.15) is 13.2 Å². The van der Waals surface area contributed by atoms with Crippen molar-refractivity contribution in [3.05, 3.63) is 53.1 Å². The summed E-state index contributed by atoms with van der Waals surface area (Å²) in [6, 6.07) is 8.41. The van der Waals surface area contributed by atoms with Gasteiger partial charge in [0, 0.05) is 0 Å². The maximum absolute atomic E-state index is 12.5. The zero-order chi connectivity index (χ0) is 14.2. The van der Waals surface area contributed by atoms with E-state index in [2.05, 4.69) is 0 Å². The molecule has 0 amide bonds. The number of halogens is 3. The topological polar surface area (TPSA) is 20.2 Å². The van der Waals surface area contributed by atoms with Crippen LogP contribution in [0.1, 0.15) is 16.7 Å². The normalized spacial score (nSPS) is 11.6. The van der Waals surface area contributed by atoms with Crippen LogP contribution in [0.4, 0.5) is 13.2 Å². The summed E-state index contributed by atoms with van der Waals surface area (Å²) in [5.74, 6) is 0.188. The molecule has 0 radical (unpaired) electrons. The molecule has 0 aliphatic carbocycles. The van der Waals surface area contributed by atoms with Crippen LogP contribution in [0.15, 0.2) is 36.4 Å². The van der Waals surface area contributed by atoms with Gasteiger partial charge in [-0.3, -0.25) is 0 Å². The van der Waals surface area contributed by atoms with Crippen LogP contribution in [-0.4, -0.2) is 5.11 Å². The largest absolute Gasteiger partial charge is 0.508 e. The predicted octanol–water partition coefficient (Wildman–Crippen LogP) is 4.69. The SMILES string of the molecule is Cc1cc(-c2ccc(C(F)(F)F)cc2)c(C)cc1O. The number of phenols is 1. The van der Waals surface area contributed by atoms with Crippen LogP contribution >= 0.6 is 0 Å². The standard InChI is InChI=1S/C15H13F3O/c1-9-8-14(19)10(2)7-13(9)11-3-5-12(6-4-11)15(16,17)18/h3-8,19H,1-2H3. The quantitative estimate of drug-likeness (QED) is 0.793. The Hall–Kier alpha value is -1.97. The molecule has 19 heavy (non-hydrogen) atoms. The molecule has 0 saturated heterocycles. The van der Waals surface area contributed by atoms with E-state index in [9.17, 15) is 18.3 Å². The molecule has 0 fully saturated rings. The Balaban J connectivity index is 2.46. The fraction of sp³-hybridized carbons (Fsp3) is 0.200. The number of hydrogen-bond acceptors (Lipinski definition) is 1. The van der Waals surface area contributed by atoms with E-state index in [1.54, 1.807) is 19.1 Å². The lowest BCUT2D eigenvalue weighted by atomic mass is 9.97. The Morgan fingerprint density at radius 3 is 2.00 bits per heavy atom. The zero-order valence-corrected chi connectivity index (χ0v) is 10.5. The summed E-state index contributed by atoms with van der Waals surface area (Å²) in [5.41, 5.74) is 2.38. The lowest BCUT2D eigenvalue weighted by Crippen LogP contribution is -2.04. The molecule has 0 aliphatic rings. The molecule has 1 nitrogen and oxygen atoms in total. The van der Waals surface area contributed by atoms with E-state index in [0.29, 0.717) is 11.1 Å². The first kappa shape index (κ1) is 13.5. The number of hydrogen-bond donors (Lipinski definition) is 1. The monoisotopic (exact) mass is 266 g/mol. The maximum Gasteiger partial charge on any atom is 0.416 e. The molecular formula is C15H13F3O. The van der Waals surface area contributed by atoms with Gasteiger partial charge < -0.3 is 5.11 Å². The summed E-state index contributed by atoms with van der Waals surface area (Å²) in [7, 11) is 0. The van der Waals surface area contributed by atoms with E-state index in [0.717, 1.165) is 23.3 Å². The van der Waals surface area contributed by atoms with Crippen LogP contribution in [-0.2, 0) is 6.18 Å². The molecule has 4 heteroatoms. The molecule has 2 aromatic rings. The molecule has 0 spiro atoms. The third-order valence-corrected chi connectivity index (χ3v) is 3.07. The summed E-state index contributed by atoms with van der Waals surface area (Å²) >= 11 is 0. The maximum atomic E-state index is 12.5. The van der Waals surface area contributed by atoms with Crippen molar-refractivity contribution in [1.82, 2.24) is 0 Å². The molecule has 2 rings (SSSR count). The number of aromatic hydroxyl groups is 1. The molecule has 0 aromatic heterocycles. The Bertz CT molecular complexity index is 598. The zero-order valence-electron chi connectivity index (χ0n) is 10.5. The van der Waals surface area contributed by atoms with Crippen molar-refractivity contribution in [1.29, 1.82) is 0 Å². The van der Waals surface area contributed by atoms with Gasteiger partial charge in [0.15, 0.2) is 0 Å². The second-order valence-electron chi connectivity index (χ2n) is 4.53. The molecule has 0 saturated carbocycles. The summed E-state index contributed by atoms with van der Waals surface area (Å²) in [4.78, 5) is 0. The number of alkyl halides is 3. The minimum absolute atomic E-state index is 0.188. The third kappa shape index (κ3) is 2.72. The number of rotatable bonds is 1. The van der Waals surface area contributed by atoms with Gasteiger partial charge in [-0.15, -0.1) is 0 Å². The van der Waals surface area contributed by atoms with E-state index in [4.69, 9.17) is 0 Å². The van der Waals surface area contributed by atoms with Crippen molar-refractivity contribution in [3.8, 4) is 16.9 Å². The molecule has 0 aliphatic heterocycles. The highest BCUT2D eigenvalue weighted by atomic mass is 19.4. The summed E-state index contributed by atoms with van der Waals surface area (Å²) in [6.07, 6.45) is -4.32. The van der Waals surface area contributed by atoms with Gasteiger partial charge in [-0.1, -0.05) is 12.1 Å². The van der Waals surface area contributed by atoms with Crippen molar-refractivity contribution < 1.29 is 18.3 Å². The Morgan fingerprint density at radius 2 is 1.47 bits per heavy atom. The molecule has 2 aromatic carbocycles. The molecule has 100 valence electrons. The van der Waals surface area contributed by atoms with E-state index in [1.807, 2.05) is 6.92 Å². The first-order valence-electron chi connectivity index (χ1n) is 5.77. The fourth-order valence-electron chi connectivity index (χ4n) is 1.95. The molecule has 0 heterocycles. The van der Waals surface area contributed by atoms with Crippen LogP contribution in [0.5, 0.6) is 5.75 Å². The smallest absolute Gasteiger partial charge is 0.416 e. The first-order chi connectivity index (χ1) is 8.79. The van der Waals surface area contributed by atoms with Crippen molar-refractivity contribution in [2.75, 3.05) is 0 Å². The molecule has 1 N–H and O–H groups in total. The Labute approximate surface area is 109 Å². The second kappa shape index (κ2) is 4.61. The van der Waals surface area contributed by atoms with Gasteiger partial charge in [0.1, 0.15) is 5.75 Å². The molecule has 0 atom stereocenters. The fourth-order valence-corrected chi connectivity index (χ4v) is 1.95. The average molecular weight is 266 g/mol. The van der Waals surface area contributed by atoms with Crippen molar-refractivity contribution >= 4 is 0 Å². The number of benzene rings is 2. The second-order valence-corrected chi connectivity index (χ2v) is 4.53. The van der Waals surface area contributed by atoms with Crippen molar-refractivity contribution in [2.24, 2.45) is 0 Å². The summed E-state index contributed by atoms with van der Waals surface area (Å²) in [5, 5.41) is 9.57. The van der Waals surface area contributed by atoms with Gasteiger partial charge in [0.2, 0.25) is 0 Å². The van der Waals surface area contributed by atoms with Gasteiger partial charge in [0.25, 0.3) is 0 Å². The highest BCUT2D eigenvalue weighted by Crippen LogP contribution is 2.33. The predicted molar refractivity (Wildman–Crippen MR) is 68.0 cm³/mol. The number of aryl methyl sites for hydroxylation is 2. The summed E-state index contributed by atoms with van der Waals surface area (Å²) in [6.45, 7) is 3.56. The molecule has 0 unspecified atom stereocenters. The highest BCUT2D eigenvalue weighted by molar-refractivity contribution is 5.69. The van der Waals surface area contributed by atoms with Crippen LogP contribution in [0.25, 0.3) is 11.1 Å². The minimum Gasteiger partial charge on any atom is -0.508 e. The van der Waals surface area contributed by atoms with E-state index in [1.165, 1.54) is 12.1 Å². The first-order valence-corrected chi connectivity index (χ1v) is 5.77. The van der Waals surface area contributed by atoms with Gasteiger partial charge in [-0.25, -0.2) is 0 Å². The minimum atomic E-state index is -4.32. The number of phenolic OH excluding ortho intramolecular Hbond substituents is 1. The van der Waals surface area contributed by atoms with Crippen LogP contribution < -0.4 is 0 Å². The lowest BCUT2D eigenvalue weighted by Gasteiger charge is -2.11. The average Bonchev–Trinajstić information content (AvgIpc) is 2.33. The lowest BCUT2D eigenvalue weighted by molar-refractivity contribution is -0.137. The van der Waals surface area contributed by atoms with Crippen molar-refractivity contribution in [3.63, 3.8) is 0 Å².